The number of likely N-dealkylation sites (tertiary alicyclic amines) is 1. The Morgan fingerprint density at radius 3 is 2.54 bits per heavy atom. The molecule has 0 spiro atoms. The summed E-state index contributed by atoms with van der Waals surface area (Å²) in [7, 11) is -1.43. The molecule has 0 aromatic heterocycles. The van der Waals surface area contributed by atoms with Crippen molar-refractivity contribution in [2.24, 2.45) is 4.99 Å². The maximum absolute atomic E-state index is 12.4. The first-order valence-corrected chi connectivity index (χ1v) is 11.8. The monoisotopic (exact) mass is 386 g/mol. The number of aliphatic imine (C=N–C) groups is 1. The molecule has 3 fully saturated rings. The Hall–Kier alpha value is -0.860. The van der Waals surface area contributed by atoms with Crippen LogP contribution in [-0.4, -0.2) is 82.3 Å². The van der Waals surface area contributed by atoms with Gasteiger partial charge < -0.3 is 15.4 Å². The van der Waals surface area contributed by atoms with E-state index in [0.717, 1.165) is 25.6 Å². The summed E-state index contributed by atoms with van der Waals surface area (Å²) in [6.07, 6.45) is 8.91. The Morgan fingerprint density at radius 2 is 1.92 bits per heavy atom. The van der Waals surface area contributed by atoms with Crippen molar-refractivity contribution in [1.82, 2.24) is 15.5 Å². The summed E-state index contributed by atoms with van der Waals surface area (Å²) in [5, 5.41) is 6.78. The maximum atomic E-state index is 12.4. The normalized spacial score (nSPS) is 28.4. The van der Waals surface area contributed by atoms with E-state index >= 15 is 0 Å². The lowest BCUT2D eigenvalue weighted by Crippen LogP contribution is -2.55. The molecule has 150 valence electrons. The van der Waals surface area contributed by atoms with Crippen LogP contribution in [0.15, 0.2) is 4.99 Å². The number of sulfone groups is 1. The predicted molar refractivity (Wildman–Crippen MR) is 104 cm³/mol. The predicted octanol–water partition coefficient (Wildman–Crippen LogP) is 0.762. The van der Waals surface area contributed by atoms with E-state index in [0.29, 0.717) is 44.6 Å². The van der Waals surface area contributed by atoms with E-state index in [1.807, 2.05) is 0 Å². The number of hydrogen-bond acceptors (Lipinski definition) is 5. The van der Waals surface area contributed by atoms with Crippen LogP contribution in [0.1, 0.15) is 44.9 Å². The zero-order chi connectivity index (χ0) is 18.6. The molecule has 0 aromatic carbocycles. The van der Waals surface area contributed by atoms with Gasteiger partial charge in [0.05, 0.1) is 4.75 Å². The standard InChI is InChI=1S/C18H34N4O3S/c1-19-17(20-14-18(26(2,23)24)8-11-25-12-9-18)21-15-7-10-22(13-15)16-5-3-4-6-16/h15-16H,3-14H2,1-2H3,(H2,19,20,21). The van der Waals surface area contributed by atoms with E-state index in [1.54, 1.807) is 7.05 Å². The minimum absolute atomic E-state index is 0.380. The quantitative estimate of drug-likeness (QED) is 0.536. The summed E-state index contributed by atoms with van der Waals surface area (Å²) in [5.41, 5.74) is 0. The van der Waals surface area contributed by atoms with Crippen LogP contribution in [0.25, 0.3) is 0 Å². The average molecular weight is 387 g/mol. The number of guanidine groups is 1. The van der Waals surface area contributed by atoms with Gasteiger partial charge in [0, 0.05) is 58.2 Å². The third-order valence-corrected chi connectivity index (χ3v) is 8.52. The Morgan fingerprint density at radius 1 is 1.23 bits per heavy atom. The molecule has 0 bridgehead atoms. The lowest BCUT2D eigenvalue weighted by molar-refractivity contribution is 0.0756. The Bertz CT molecular complexity index is 596. The molecule has 0 aromatic rings. The molecule has 2 N–H and O–H groups in total. The van der Waals surface area contributed by atoms with Crippen LogP contribution in [0.4, 0.5) is 0 Å². The zero-order valence-corrected chi connectivity index (χ0v) is 17.0. The molecule has 26 heavy (non-hydrogen) atoms. The van der Waals surface area contributed by atoms with Gasteiger partial charge >= 0.3 is 0 Å². The van der Waals surface area contributed by atoms with Gasteiger partial charge in [-0.1, -0.05) is 12.8 Å². The summed E-state index contributed by atoms with van der Waals surface area (Å²) in [5.74, 6) is 0.706. The van der Waals surface area contributed by atoms with Crippen molar-refractivity contribution >= 4 is 15.8 Å². The molecule has 2 saturated heterocycles. The van der Waals surface area contributed by atoms with Crippen LogP contribution in [0.3, 0.4) is 0 Å². The summed E-state index contributed by atoms with van der Waals surface area (Å²) >= 11 is 0. The van der Waals surface area contributed by atoms with Crippen molar-refractivity contribution < 1.29 is 13.2 Å². The van der Waals surface area contributed by atoms with Gasteiger partial charge in [-0.05, 0) is 32.1 Å². The first-order chi connectivity index (χ1) is 12.4. The van der Waals surface area contributed by atoms with Crippen molar-refractivity contribution in [3.63, 3.8) is 0 Å². The van der Waals surface area contributed by atoms with Crippen molar-refractivity contribution in [2.75, 3.05) is 46.2 Å². The van der Waals surface area contributed by atoms with Crippen molar-refractivity contribution in [3.8, 4) is 0 Å². The molecule has 7 nitrogen and oxygen atoms in total. The number of nitrogens with zero attached hydrogens (tertiary/aromatic N) is 2. The fourth-order valence-corrected chi connectivity index (χ4v) is 5.80. The second-order valence-corrected chi connectivity index (χ2v) is 10.5. The second kappa shape index (κ2) is 8.44. The van der Waals surface area contributed by atoms with E-state index in [2.05, 4.69) is 20.5 Å². The fourth-order valence-electron chi connectivity index (χ4n) is 4.56. The summed E-state index contributed by atoms with van der Waals surface area (Å²) in [6, 6.07) is 1.14. The van der Waals surface area contributed by atoms with E-state index in [4.69, 9.17) is 4.74 Å². The lowest BCUT2D eigenvalue weighted by atomic mass is 9.99. The third kappa shape index (κ3) is 4.51. The smallest absolute Gasteiger partial charge is 0.191 e. The first kappa shape index (κ1) is 19.9. The van der Waals surface area contributed by atoms with E-state index in [-0.39, 0.29) is 0 Å². The van der Waals surface area contributed by atoms with Crippen LogP contribution in [-0.2, 0) is 14.6 Å². The van der Waals surface area contributed by atoms with Gasteiger partial charge in [-0.25, -0.2) is 8.42 Å². The van der Waals surface area contributed by atoms with Crippen LogP contribution in [0, 0.1) is 0 Å². The fraction of sp³-hybridized carbons (Fsp3) is 0.944. The topological polar surface area (TPSA) is 83.0 Å². The Balaban J connectivity index is 1.53. The van der Waals surface area contributed by atoms with Gasteiger partial charge in [-0.2, -0.15) is 0 Å². The maximum Gasteiger partial charge on any atom is 0.191 e. The lowest BCUT2D eigenvalue weighted by Gasteiger charge is -2.36. The van der Waals surface area contributed by atoms with E-state index in [9.17, 15) is 8.42 Å². The third-order valence-electron chi connectivity index (χ3n) is 6.39. The highest BCUT2D eigenvalue weighted by Gasteiger charge is 2.42. The number of nitrogens with one attached hydrogen (secondary N) is 2. The van der Waals surface area contributed by atoms with Crippen LogP contribution in [0.2, 0.25) is 0 Å². The molecule has 0 amide bonds. The first-order valence-electron chi connectivity index (χ1n) is 9.92. The summed E-state index contributed by atoms with van der Waals surface area (Å²) < 4.78 is 29.4. The second-order valence-electron chi connectivity index (χ2n) is 8.06. The van der Waals surface area contributed by atoms with Gasteiger partial charge in [0.2, 0.25) is 0 Å². The largest absolute Gasteiger partial charge is 0.381 e. The minimum atomic E-state index is -3.17. The highest BCUT2D eigenvalue weighted by atomic mass is 32.2. The van der Waals surface area contributed by atoms with Gasteiger partial charge in [-0.15, -0.1) is 0 Å². The Kier molecular flexibility index (Phi) is 6.45. The molecule has 2 heterocycles. The zero-order valence-electron chi connectivity index (χ0n) is 16.2. The van der Waals surface area contributed by atoms with Crippen LogP contribution >= 0.6 is 0 Å². The highest BCUT2D eigenvalue weighted by molar-refractivity contribution is 7.92. The summed E-state index contributed by atoms with van der Waals surface area (Å²) in [4.78, 5) is 6.93. The molecule has 3 rings (SSSR count). The van der Waals surface area contributed by atoms with Gasteiger partial charge in [-0.3, -0.25) is 9.89 Å². The van der Waals surface area contributed by atoms with Gasteiger partial charge in [0.1, 0.15) is 0 Å². The molecular weight excluding hydrogens is 352 g/mol. The average Bonchev–Trinajstić information content (AvgIpc) is 3.30. The molecular formula is C18H34N4O3S. The molecule has 0 radical (unpaired) electrons. The van der Waals surface area contributed by atoms with Crippen molar-refractivity contribution in [1.29, 1.82) is 0 Å². The summed E-state index contributed by atoms with van der Waals surface area (Å²) in [6.45, 7) is 3.58. The SMILES string of the molecule is CN=C(NCC1(S(C)(=O)=O)CCOCC1)NC1CCN(C2CCCC2)C1. The molecule has 8 heteroatoms. The molecule has 2 aliphatic heterocycles. The Labute approximate surface area is 157 Å². The number of ether oxygens (including phenoxy) is 1. The minimum Gasteiger partial charge on any atom is -0.381 e. The van der Waals surface area contributed by atoms with Crippen molar-refractivity contribution in [2.45, 2.75) is 61.8 Å². The van der Waals surface area contributed by atoms with E-state index < -0.39 is 14.6 Å². The molecule has 1 unspecified atom stereocenters. The molecule has 1 aliphatic carbocycles. The van der Waals surface area contributed by atoms with Crippen LogP contribution < -0.4 is 10.6 Å². The van der Waals surface area contributed by atoms with Gasteiger partial charge in [0.25, 0.3) is 0 Å². The number of rotatable bonds is 5. The molecule has 1 atom stereocenters. The van der Waals surface area contributed by atoms with E-state index in [1.165, 1.54) is 31.9 Å². The van der Waals surface area contributed by atoms with Crippen molar-refractivity contribution in [3.05, 3.63) is 0 Å². The van der Waals surface area contributed by atoms with Crippen LogP contribution in [0.5, 0.6) is 0 Å². The number of hydrogen-bond donors (Lipinski definition) is 2. The highest BCUT2D eigenvalue weighted by Crippen LogP contribution is 2.29. The molecule has 3 aliphatic rings. The molecule has 1 saturated carbocycles. The van der Waals surface area contributed by atoms with Gasteiger partial charge in [0.15, 0.2) is 15.8 Å².